The normalized spacial score (nSPS) is 11.4. The molecule has 1 aromatic carbocycles. The van der Waals surface area contributed by atoms with Gasteiger partial charge >= 0.3 is 6.18 Å². The molecule has 2 nitrogen and oxygen atoms in total. The summed E-state index contributed by atoms with van der Waals surface area (Å²) in [7, 11) is 0. The smallest absolute Gasteiger partial charge is 0.288 e. The van der Waals surface area contributed by atoms with Crippen molar-refractivity contribution in [2.75, 3.05) is 0 Å². The lowest BCUT2D eigenvalue weighted by Gasteiger charge is -2.12. The molecule has 7 heteroatoms. The quantitative estimate of drug-likeness (QED) is 0.720. The minimum absolute atomic E-state index is 0.0519. The predicted octanol–water partition coefficient (Wildman–Crippen LogP) is 4.75. The first kappa shape index (κ1) is 15.0. The third-order valence-corrected chi connectivity index (χ3v) is 3.47. The summed E-state index contributed by atoms with van der Waals surface area (Å²) in [5.74, 6) is -0.792. The summed E-state index contributed by atoms with van der Waals surface area (Å²) >= 11 is 8.89. The SMILES string of the molecule is O=C(c1cc(Cl)ccc1Br)c1cnccc1C(F)(F)F. The van der Waals surface area contributed by atoms with Gasteiger partial charge in [0.1, 0.15) is 0 Å². The molecule has 0 saturated carbocycles. The van der Waals surface area contributed by atoms with Gasteiger partial charge in [-0.2, -0.15) is 13.2 Å². The Balaban J connectivity index is 2.57. The second kappa shape index (κ2) is 5.54. The first-order valence-electron chi connectivity index (χ1n) is 5.31. The lowest BCUT2D eigenvalue weighted by molar-refractivity contribution is -0.137. The number of carbonyl (C=O) groups is 1. The topological polar surface area (TPSA) is 30.0 Å². The first-order valence-corrected chi connectivity index (χ1v) is 6.49. The second-order valence-corrected chi connectivity index (χ2v) is 5.16. The van der Waals surface area contributed by atoms with Crippen molar-refractivity contribution in [3.8, 4) is 0 Å². The van der Waals surface area contributed by atoms with Crippen molar-refractivity contribution in [3.63, 3.8) is 0 Å². The molecule has 0 radical (unpaired) electrons. The Hall–Kier alpha value is -1.40. The fourth-order valence-corrected chi connectivity index (χ4v) is 2.24. The largest absolute Gasteiger partial charge is 0.417 e. The molecule has 0 saturated heterocycles. The Kier molecular flexibility index (Phi) is 4.15. The van der Waals surface area contributed by atoms with E-state index in [-0.39, 0.29) is 10.6 Å². The van der Waals surface area contributed by atoms with Crippen molar-refractivity contribution < 1.29 is 18.0 Å². The zero-order chi connectivity index (χ0) is 14.9. The van der Waals surface area contributed by atoms with E-state index in [9.17, 15) is 18.0 Å². The van der Waals surface area contributed by atoms with E-state index in [0.29, 0.717) is 4.47 Å². The molecule has 0 fully saturated rings. The fourth-order valence-electron chi connectivity index (χ4n) is 1.64. The van der Waals surface area contributed by atoms with Crippen LogP contribution >= 0.6 is 27.5 Å². The maximum absolute atomic E-state index is 12.9. The van der Waals surface area contributed by atoms with E-state index < -0.39 is 23.1 Å². The third-order valence-electron chi connectivity index (χ3n) is 2.54. The highest BCUT2D eigenvalue weighted by molar-refractivity contribution is 9.10. The van der Waals surface area contributed by atoms with Crippen LogP contribution in [0.2, 0.25) is 5.02 Å². The molecule has 0 atom stereocenters. The number of rotatable bonds is 2. The molecule has 104 valence electrons. The lowest BCUT2D eigenvalue weighted by Crippen LogP contribution is -2.14. The number of ketones is 1. The highest BCUT2D eigenvalue weighted by Crippen LogP contribution is 2.33. The third kappa shape index (κ3) is 3.02. The summed E-state index contributed by atoms with van der Waals surface area (Å²) < 4.78 is 39.0. The summed E-state index contributed by atoms with van der Waals surface area (Å²) in [5.41, 5.74) is -1.48. The molecule has 20 heavy (non-hydrogen) atoms. The monoisotopic (exact) mass is 363 g/mol. The maximum Gasteiger partial charge on any atom is 0.417 e. The molecule has 0 spiro atoms. The van der Waals surface area contributed by atoms with Crippen LogP contribution in [0, 0.1) is 0 Å². The molecule has 0 bridgehead atoms. The number of pyridine rings is 1. The highest BCUT2D eigenvalue weighted by atomic mass is 79.9. The van der Waals surface area contributed by atoms with Crippen molar-refractivity contribution in [2.24, 2.45) is 0 Å². The van der Waals surface area contributed by atoms with Gasteiger partial charge in [-0.05, 0) is 24.3 Å². The minimum Gasteiger partial charge on any atom is -0.288 e. The molecule has 2 rings (SSSR count). The Morgan fingerprint density at radius 2 is 1.90 bits per heavy atom. The average Bonchev–Trinajstić information content (AvgIpc) is 2.40. The van der Waals surface area contributed by atoms with Crippen LogP contribution in [0.25, 0.3) is 0 Å². The minimum atomic E-state index is -4.63. The van der Waals surface area contributed by atoms with Crippen molar-refractivity contribution >= 4 is 33.3 Å². The lowest BCUT2D eigenvalue weighted by atomic mass is 10.0. The zero-order valence-corrected chi connectivity index (χ0v) is 12.1. The Morgan fingerprint density at radius 1 is 1.20 bits per heavy atom. The van der Waals surface area contributed by atoms with Crippen LogP contribution in [0.3, 0.4) is 0 Å². The molecular weight excluding hydrogens is 359 g/mol. The average molecular weight is 365 g/mol. The van der Waals surface area contributed by atoms with Crippen LogP contribution in [0.5, 0.6) is 0 Å². The number of alkyl halides is 3. The number of benzene rings is 1. The van der Waals surface area contributed by atoms with Crippen molar-refractivity contribution in [3.05, 3.63) is 62.8 Å². The summed E-state index contributed by atoms with van der Waals surface area (Å²) in [6, 6.07) is 5.10. The van der Waals surface area contributed by atoms with Crippen LogP contribution in [0.1, 0.15) is 21.5 Å². The number of carbonyl (C=O) groups excluding carboxylic acids is 1. The number of hydrogen-bond acceptors (Lipinski definition) is 2. The van der Waals surface area contributed by atoms with E-state index in [1.807, 2.05) is 0 Å². The van der Waals surface area contributed by atoms with Gasteiger partial charge in [-0.3, -0.25) is 9.78 Å². The second-order valence-electron chi connectivity index (χ2n) is 3.87. The van der Waals surface area contributed by atoms with Gasteiger partial charge in [0.2, 0.25) is 0 Å². The van der Waals surface area contributed by atoms with Gasteiger partial charge in [0.25, 0.3) is 0 Å². The standard InChI is InChI=1S/C13H6BrClF3NO/c14-11-2-1-7(15)5-8(11)12(20)9-6-19-4-3-10(9)13(16,17)18/h1-6H. The predicted molar refractivity (Wildman–Crippen MR) is 71.8 cm³/mol. The van der Waals surface area contributed by atoms with Gasteiger partial charge in [0, 0.05) is 27.5 Å². The van der Waals surface area contributed by atoms with E-state index in [4.69, 9.17) is 11.6 Å². The summed E-state index contributed by atoms with van der Waals surface area (Å²) in [6.45, 7) is 0. The molecule has 1 heterocycles. The fraction of sp³-hybridized carbons (Fsp3) is 0.0769. The molecule has 0 N–H and O–H groups in total. The molecule has 0 aliphatic rings. The van der Waals surface area contributed by atoms with Crippen LogP contribution in [0.4, 0.5) is 13.2 Å². The van der Waals surface area contributed by atoms with Gasteiger partial charge in [-0.25, -0.2) is 0 Å². The highest BCUT2D eigenvalue weighted by Gasteiger charge is 2.35. The molecule has 0 amide bonds. The van der Waals surface area contributed by atoms with Crippen LogP contribution < -0.4 is 0 Å². The summed E-state index contributed by atoms with van der Waals surface area (Å²) in [6.07, 6.45) is -2.73. The van der Waals surface area contributed by atoms with Gasteiger partial charge in [-0.15, -0.1) is 0 Å². The van der Waals surface area contributed by atoms with E-state index >= 15 is 0 Å². The number of hydrogen-bond donors (Lipinski definition) is 0. The molecule has 2 aromatic rings. The van der Waals surface area contributed by atoms with Crippen molar-refractivity contribution in [2.45, 2.75) is 6.18 Å². The van der Waals surface area contributed by atoms with Gasteiger partial charge in [0.05, 0.1) is 11.1 Å². The van der Waals surface area contributed by atoms with Gasteiger partial charge in [0.15, 0.2) is 5.78 Å². The van der Waals surface area contributed by atoms with Crippen LogP contribution in [-0.2, 0) is 6.18 Å². The number of aromatic nitrogens is 1. The Morgan fingerprint density at radius 3 is 2.55 bits per heavy atom. The molecule has 0 aliphatic heterocycles. The van der Waals surface area contributed by atoms with E-state index in [2.05, 4.69) is 20.9 Å². The van der Waals surface area contributed by atoms with E-state index in [0.717, 1.165) is 18.5 Å². The molecule has 0 unspecified atom stereocenters. The summed E-state index contributed by atoms with van der Waals surface area (Å²) in [4.78, 5) is 15.8. The molecule has 1 aromatic heterocycles. The van der Waals surface area contributed by atoms with Crippen LogP contribution in [0.15, 0.2) is 41.1 Å². The molecule has 0 aliphatic carbocycles. The van der Waals surface area contributed by atoms with Crippen molar-refractivity contribution in [1.82, 2.24) is 4.98 Å². The Bertz CT molecular complexity index is 673. The zero-order valence-electron chi connectivity index (χ0n) is 9.71. The number of nitrogens with zero attached hydrogens (tertiary/aromatic N) is 1. The Labute approximate surface area is 125 Å². The van der Waals surface area contributed by atoms with Gasteiger partial charge < -0.3 is 0 Å². The molecular formula is C13H6BrClF3NO. The van der Waals surface area contributed by atoms with E-state index in [1.54, 1.807) is 0 Å². The maximum atomic E-state index is 12.9. The summed E-state index contributed by atoms with van der Waals surface area (Å²) in [5, 5.41) is 0.258. The van der Waals surface area contributed by atoms with Crippen molar-refractivity contribution in [1.29, 1.82) is 0 Å². The number of halogens is 5. The van der Waals surface area contributed by atoms with Gasteiger partial charge in [-0.1, -0.05) is 27.5 Å². The first-order chi connectivity index (χ1) is 9.30. The van der Waals surface area contributed by atoms with Crippen LogP contribution in [-0.4, -0.2) is 10.8 Å². The van der Waals surface area contributed by atoms with E-state index in [1.165, 1.54) is 18.2 Å².